The Kier molecular flexibility index (Phi) is 13.5. The number of hydrogen-bond donors (Lipinski definition) is 6. The van der Waals surface area contributed by atoms with Gasteiger partial charge in [0.15, 0.2) is 5.96 Å². The van der Waals surface area contributed by atoms with Gasteiger partial charge in [0.2, 0.25) is 5.91 Å². The average molecular weight is 392 g/mol. The average Bonchev–Trinajstić information content (AvgIpc) is 2.69. The van der Waals surface area contributed by atoms with E-state index < -0.39 is 0 Å². The summed E-state index contributed by atoms with van der Waals surface area (Å²) in [6, 6.07) is 9.77. The molecular formula is C20H37N7O. The third kappa shape index (κ3) is 12.3. The molecule has 0 aliphatic rings. The number of aliphatic imine (C=N–C) groups is 1. The van der Waals surface area contributed by atoms with Crippen LogP contribution in [0.2, 0.25) is 0 Å². The van der Waals surface area contributed by atoms with Gasteiger partial charge in [-0.2, -0.15) is 0 Å². The maximum atomic E-state index is 12.6. The molecule has 1 atom stereocenters. The maximum absolute atomic E-state index is 12.6. The van der Waals surface area contributed by atoms with Crippen LogP contribution in [-0.2, 0) is 11.3 Å². The molecule has 8 heteroatoms. The van der Waals surface area contributed by atoms with Crippen molar-refractivity contribution in [3.8, 4) is 0 Å². The van der Waals surface area contributed by atoms with E-state index in [1.54, 1.807) is 0 Å². The Morgan fingerprint density at radius 1 is 1.00 bits per heavy atom. The topological polar surface area (TPSA) is 144 Å². The lowest BCUT2D eigenvalue weighted by Crippen LogP contribution is -2.44. The van der Waals surface area contributed by atoms with Crippen LogP contribution in [0.1, 0.15) is 37.7 Å². The molecule has 0 aliphatic heterocycles. The molecule has 0 saturated carbocycles. The molecule has 1 aromatic carbocycles. The highest BCUT2D eigenvalue weighted by molar-refractivity contribution is 5.81. The number of hydrogen-bond acceptors (Lipinski definition) is 5. The molecule has 0 unspecified atom stereocenters. The van der Waals surface area contributed by atoms with Crippen molar-refractivity contribution in [3.05, 3.63) is 35.9 Å². The minimum atomic E-state index is -0.271. The normalized spacial score (nSPS) is 11.8. The van der Waals surface area contributed by atoms with Crippen molar-refractivity contribution in [2.24, 2.45) is 22.2 Å². The first-order valence-electron chi connectivity index (χ1n) is 10.1. The van der Waals surface area contributed by atoms with Crippen LogP contribution in [0.25, 0.3) is 0 Å². The van der Waals surface area contributed by atoms with Gasteiger partial charge in [0, 0.05) is 19.6 Å². The molecular weight excluding hydrogens is 354 g/mol. The third-order valence-corrected chi connectivity index (χ3v) is 4.29. The molecule has 158 valence electrons. The fourth-order valence-electron chi connectivity index (χ4n) is 2.73. The van der Waals surface area contributed by atoms with Gasteiger partial charge in [0.05, 0.1) is 6.04 Å². The lowest BCUT2D eigenvalue weighted by Gasteiger charge is -2.18. The molecule has 0 aliphatic carbocycles. The number of nitrogens with one attached hydrogen (secondary N) is 3. The van der Waals surface area contributed by atoms with E-state index in [-0.39, 0.29) is 17.9 Å². The molecule has 0 radical (unpaired) electrons. The highest BCUT2D eigenvalue weighted by Crippen LogP contribution is 2.03. The summed E-state index contributed by atoms with van der Waals surface area (Å²) >= 11 is 0. The molecule has 28 heavy (non-hydrogen) atoms. The maximum Gasteiger partial charge on any atom is 0.237 e. The highest BCUT2D eigenvalue weighted by Gasteiger charge is 2.17. The standard InChI is InChI=1S/C20H37N7O/c21-11-4-5-12-24-13-7-15-25-19(28)18(10-6-14-26-20(22)23)27-16-17-8-2-1-3-9-17/h1-3,8-9,18,24,27H,4-7,10-16,21H2,(H,25,28)(H4,22,23,26)/t18-/m0/s1. The lowest BCUT2D eigenvalue weighted by atomic mass is 10.1. The number of rotatable bonds is 16. The van der Waals surface area contributed by atoms with Gasteiger partial charge >= 0.3 is 0 Å². The van der Waals surface area contributed by atoms with Gasteiger partial charge in [-0.3, -0.25) is 9.79 Å². The van der Waals surface area contributed by atoms with Crippen LogP contribution in [0.4, 0.5) is 0 Å². The van der Waals surface area contributed by atoms with Crippen LogP contribution in [0.15, 0.2) is 35.3 Å². The predicted octanol–water partition coefficient (Wildman–Crippen LogP) is 0.0332. The Labute approximate surface area is 168 Å². The molecule has 0 fully saturated rings. The van der Waals surface area contributed by atoms with E-state index in [1.807, 2.05) is 30.3 Å². The Morgan fingerprint density at radius 2 is 1.75 bits per heavy atom. The van der Waals surface area contributed by atoms with E-state index in [0.717, 1.165) is 50.9 Å². The number of nitrogens with two attached hydrogens (primary N) is 3. The Hall–Kier alpha value is -2.16. The number of benzene rings is 1. The van der Waals surface area contributed by atoms with Gasteiger partial charge in [-0.25, -0.2) is 0 Å². The van der Waals surface area contributed by atoms with E-state index in [0.29, 0.717) is 26.1 Å². The van der Waals surface area contributed by atoms with E-state index in [9.17, 15) is 4.79 Å². The van der Waals surface area contributed by atoms with Crippen molar-refractivity contribution >= 4 is 11.9 Å². The summed E-state index contributed by atoms with van der Waals surface area (Å²) in [7, 11) is 0. The van der Waals surface area contributed by atoms with Crippen LogP contribution in [0.3, 0.4) is 0 Å². The molecule has 9 N–H and O–H groups in total. The summed E-state index contributed by atoms with van der Waals surface area (Å²) in [6.45, 7) is 4.41. The summed E-state index contributed by atoms with van der Waals surface area (Å²) in [6.07, 6.45) is 4.43. The quantitative estimate of drug-likeness (QED) is 0.133. The number of nitrogens with zero attached hydrogens (tertiary/aromatic N) is 1. The molecule has 8 nitrogen and oxygen atoms in total. The minimum Gasteiger partial charge on any atom is -0.370 e. The second-order valence-corrected chi connectivity index (χ2v) is 6.76. The van der Waals surface area contributed by atoms with Crippen molar-refractivity contribution in [1.82, 2.24) is 16.0 Å². The molecule has 0 heterocycles. The van der Waals surface area contributed by atoms with E-state index in [4.69, 9.17) is 17.2 Å². The second-order valence-electron chi connectivity index (χ2n) is 6.76. The summed E-state index contributed by atoms with van der Waals surface area (Å²) in [4.78, 5) is 16.6. The van der Waals surface area contributed by atoms with Gasteiger partial charge in [-0.15, -0.1) is 0 Å². The third-order valence-electron chi connectivity index (χ3n) is 4.29. The zero-order valence-electron chi connectivity index (χ0n) is 16.8. The fourth-order valence-corrected chi connectivity index (χ4v) is 2.73. The van der Waals surface area contributed by atoms with Gasteiger partial charge < -0.3 is 33.2 Å². The number of carbonyl (C=O) groups is 1. The van der Waals surface area contributed by atoms with Crippen LogP contribution in [0.5, 0.6) is 0 Å². The molecule has 0 saturated heterocycles. The zero-order chi connectivity index (χ0) is 20.5. The number of carbonyl (C=O) groups excluding carboxylic acids is 1. The number of guanidine groups is 1. The molecule has 1 rings (SSSR count). The zero-order valence-corrected chi connectivity index (χ0v) is 16.8. The summed E-state index contributed by atoms with van der Waals surface area (Å²) in [5, 5.41) is 9.73. The van der Waals surface area contributed by atoms with Crippen molar-refractivity contribution in [1.29, 1.82) is 0 Å². The number of amides is 1. The van der Waals surface area contributed by atoms with Gasteiger partial charge in [0.25, 0.3) is 0 Å². The van der Waals surface area contributed by atoms with Gasteiger partial charge in [-0.1, -0.05) is 30.3 Å². The summed E-state index contributed by atoms with van der Waals surface area (Å²) in [5.41, 5.74) is 17.3. The number of unbranched alkanes of at least 4 members (excludes halogenated alkanes) is 1. The molecule has 0 bridgehead atoms. The monoisotopic (exact) mass is 391 g/mol. The molecule has 0 spiro atoms. The Bertz CT molecular complexity index is 547. The molecule has 0 aromatic heterocycles. The largest absolute Gasteiger partial charge is 0.370 e. The fraction of sp³-hybridized carbons (Fsp3) is 0.600. The van der Waals surface area contributed by atoms with Crippen molar-refractivity contribution in [2.45, 2.75) is 44.7 Å². The first-order chi connectivity index (χ1) is 13.6. The SMILES string of the molecule is NCCCCNCCCNC(=O)[C@H](CCCN=C(N)N)NCc1ccccc1. The summed E-state index contributed by atoms with van der Waals surface area (Å²) < 4.78 is 0. The van der Waals surface area contributed by atoms with E-state index in [1.165, 1.54) is 0 Å². The smallest absolute Gasteiger partial charge is 0.237 e. The van der Waals surface area contributed by atoms with Crippen LogP contribution in [-0.4, -0.2) is 50.6 Å². The first kappa shape index (κ1) is 23.9. The van der Waals surface area contributed by atoms with Crippen LogP contribution >= 0.6 is 0 Å². The predicted molar refractivity (Wildman–Crippen MR) is 116 cm³/mol. The van der Waals surface area contributed by atoms with Crippen LogP contribution < -0.4 is 33.2 Å². The summed E-state index contributed by atoms with van der Waals surface area (Å²) in [5.74, 6) is 0.0981. The van der Waals surface area contributed by atoms with E-state index >= 15 is 0 Å². The van der Waals surface area contributed by atoms with Crippen molar-refractivity contribution < 1.29 is 4.79 Å². The van der Waals surface area contributed by atoms with E-state index in [2.05, 4.69) is 20.9 Å². The van der Waals surface area contributed by atoms with Gasteiger partial charge in [0.1, 0.15) is 0 Å². The lowest BCUT2D eigenvalue weighted by molar-refractivity contribution is -0.123. The highest BCUT2D eigenvalue weighted by atomic mass is 16.2. The second kappa shape index (κ2) is 15.9. The Balaban J connectivity index is 2.34. The van der Waals surface area contributed by atoms with Crippen LogP contribution in [0, 0.1) is 0 Å². The minimum absolute atomic E-state index is 0.0174. The molecule has 1 amide bonds. The van der Waals surface area contributed by atoms with Crippen molar-refractivity contribution in [3.63, 3.8) is 0 Å². The van der Waals surface area contributed by atoms with Crippen molar-refractivity contribution in [2.75, 3.05) is 32.7 Å². The first-order valence-corrected chi connectivity index (χ1v) is 10.1. The van der Waals surface area contributed by atoms with Gasteiger partial charge in [-0.05, 0) is 57.3 Å². The molecule has 1 aromatic rings. The Morgan fingerprint density at radius 3 is 2.46 bits per heavy atom.